The minimum Gasteiger partial charge on any atom is -0.383 e. The number of benzene rings is 3. The van der Waals surface area contributed by atoms with Gasteiger partial charge in [-0.1, -0.05) is 72.8 Å². The van der Waals surface area contributed by atoms with Gasteiger partial charge in [0.25, 0.3) is 0 Å². The first-order valence-electron chi connectivity index (χ1n) is 11.1. The van der Waals surface area contributed by atoms with Gasteiger partial charge in [0.2, 0.25) is 0 Å². The minimum atomic E-state index is 0.728. The summed E-state index contributed by atoms with van der Waals surface area (Å²) in [7, 11) is 3.49. The van der Waals surface area contributed by atoms with E-state index in [1.807, 2.05) is 11.9 Å². The molecule has 0 radical (unpaired) electrons. The molecule has 0 aliphatic heterocycles. The monoisotopic (exact) mass is 450 g/mol. The first-order chi connectivity index (χ1) is 15.8. The summed E-state index contributed by atoms with van der Waals surface area (Å²) >= 11 is 1.81. The van der Waals surface area contributed by atoms with E-state index in [4.69, 9.17) is 9.47 Å². The molecule has 0 amide bonds. The molecule has 3 aromatic rings. The number of hydrogen-bond acceptors (Lipinski definition) is 5. The summed E-state index contributed by atoms with van der Waals surface area (Å²) < 4.78 is 12.9. The average Bonchev–Trinajstić information content (AvgIpc) is 2.83. The third kappa shape index (κ3) is 8.77. The fourth-order valence-corrected chi connectivity index (χ4v) is 4.45. The Morgan fingerprint density at radius 1 is 0.594 bits per heavy atom. The Hall–Kier alpha value is -2.15. The van der Waals surface area contributed by atoms with E-state index in [1.165, 1.54) is 21.6 Å². The highest BCUT2D eigenvalue weighted by Crippen LogP contribution is 2.27. The van der Waals surface area contributed by atoms with Crippen molar-refractivity contribution in [3.8, 4) is 0 Å². The molecule has 0 atom stereocenters. The van der Waals surface area contributed by atoms with Crippen LogP contribution in [0.15, 0.2) is 89.8 Å². The zero-order valence-electron chi connectivity index (χ0n) is 19.2. The average molecular weight is 451 g/mol. The molecule has 0 saturated heterocycles. The molecule has 0 spiro atoms. The van der Waals surface area contributed by atoms with Gasteiger partial charge in [0.15, 0.2) is 0 Å². The van der Waals surface area contributed by atoms with Crippen molar-refractivity contribution in [3.63, 3.8) is 0 Å². The van der Waals surface area contributed by atoms with Crippen LogP contribution < -0.4 is 0 Å². The molecule has 3 aromatic carbocycles. The first-order valence-corrected chi connectivity index (χ1v) is 11.8. The van der Waals surface area contributed by atoms with Crippen molar-refractivity contribution in [2.45, 2.75) is 24.5 Å². The summed E-state index contributed by atoms with van der Waals surface area (Å²) in [4.78, 5) is 3.62. The van der Waals surface area contributed by atoms with Crippen LogP contribution in [0.2, 0.25) is 0 Å². The van der Waals surface area contributed by atoms with Crippen LogP contribution in [0.3, 0.4) is 0 Å². The number of hydrogen-bond donors (Lipinski definition) is 0. The summed E-state index contributed by atoms with van der Waals surface area (Å²) in [6.07, 6.45) is 0. The molecule has 0 aliphatic rings. The van der Waals surface area contributed by atoms with Gasteiger partial charge in [-0.3, -0.25) is 4.90 Å². The molecule has 0 fully saturated rings. The minimum absolute atomic E-state index is 0.728. The normalized spacial score (nSPS) is 11.4. The summed E-state index contributed by atoms with van der Waals surface area (Å²) in [6, 6.07) is 30.3. The molecule has 0 aromatic heterocycles. The van der Waals surface area contributed by atoms with Crippen LogP contribution in [0.4, 0.5) is 0 Å². The Balaban J connectivity index is 1.64. The number of nitrogens with zero attached hydrogens (tertiary/aromatic N) is 2. The fourth-order valence-electron chi connectivity index (χ4n) is 3.47. The maximum absolute atomic E-state index is 5.26. The van der Waals surface area contributed by atoms with Crippen LogP contribution >= 0.6 is 11.9 Å². The lowest BCUT2D eigenvalue weighted by Gasteiger charge is -2.23. The topological polar surface area (TPSA) is 24.9 Å². The van der Waals surface area contributed by atoms with E-state index >= 15 is 0 Å². The molecule has 0 unspecified atom stereocenters. The van der Waals surface area contributed by atoms with Gasteiger partial charge in [-0.15, -0.1) is 0 Å². The van der Waals surface area contributed by atoms with Crippen molar-refractivity contribution in [3.05, 3.63) is 102 Å². The van der Waals surface area contributed by atoms with Crippen molar-refractivity contribution >= 4 is 11.9 Å². The first kappa shape index (κ1) is 24.5. The van der Waals surface area contributed by atoms with Crippen LogP contribution in [0.1, 0.15) is 16.7 Å². The third-order valence-corrected chi connectivity index (χ3v) is 6.19. The summed E-state index contributed by atoms with van der Waals surface area (Å²) in [5, 5.41) is 0. The maximum atomic E-state index is 5.26. The summed E-state index contributed by atoms with van der Waals surface area (Å²) in [5.74, 6) is 0. The molecular weight excluding hydrogens is 416 g/mol. The van der Waals surface area contributed by atoms with E-state index < -0.39 is 0 Å². The Morgan fingerprint density at radius 2 is 1.06 bits per heavy atom. The van der Waals surface area contributed by atoms with Gasteiger partial charge >= 0.3 is 0 Å². The Kier molecular flexibility index (Phi) is 10.8. The van der Waals surface area contributed by atoms with Crippen molar-refractivity contribution < 1.29 is 9.47 Å². The Bertz CT molecular complexity index is 826. The second kappa shape index (κ2) is 14.1. The van der Waals surface area contributed by atoms with E-state index in [-0.39, 0.29) is 0 Å². The predicted octanol–water partition coefficient (Wildman–Crippen LogP) is 5.49. The van der Waals surface area contributed by atoms with Gasteiger partial charge in [0.05, 0.1) is 13.2 Å². The number of rotatable bonds is 14. The molecule has 0 N–H and O–H groups in total. The van der Waals surface area contributed by atoms with Crippen LogP contribution in [0.5, 0.6) is 0 Å². The molecule has 0 bridgehead atoms. The predicted molar refractivity (Wildman–Crippen MR) is 133 cm³/mol. The standard InChI is InChI=1S/C27H34N2O2S/c1-30-19-17-28(18-20-31-2)21-26-13-15-27(16-14-26)32-29(22-24-9-5-3-6-10-24)23-25-11-7-4-8-12-25/h3-16H,17-23H2,1-2H3. The Morgan fingerprint density at radius 3 is 1.53 bits per heavy atom. The summed E-state index contributed by atoms with van der Waals surface area (Å²) in [5.41, 5.74) is 3.94. The van der Waals surface area contributed by atoms with Gasteiger partial charge in [-0.25, -0.2) is 4.31 Å². The second-order valence-electron chi connectivity index (χ2n) is 7.77. The van der Waals surface area contributed by atoms with Crippen molar-refractivity contribution in [1.29, 1.82) is 0 Å². The van der Waals surface area contributed by atoms with E-state index in [1.54, 1.807) is 14.2 Å². The van der Waals surface area contributed by atoms with Gasteiger partial charge < -0.3 is 9.47 Å². The molecule has 0 aliphatic carbocycles. The molecule has 170 valence electrons. The maximum Gasteiger partial charge on any atom is 0.0589 e. The van der Waals surface area contributed by atoms with Crippen LogP contribution in [-0.2, 0) is 29.1 Å². The number of methoxy groups -OCH3 is 2. The molecule has 0 saturated carbocycles. The molecular formula is C27H34N2O2S. The lowest BCUT2D eigenvalue weighted by Crippen LogP contribution is -2.30. The fraction of sp³-hybridized carbons (Fsp3) is 0.333. The van der Waals surface area contributed by atoms with Crippen LogP contribution in [-0.4, -0.2) is 49.7 Å². The third-order valence-electron chi connectivity index (χ3n) is 5.19. The zero-order chi connectivity index (χ0) is 22.4. The van der Waals surface area contributed by atoms with Gasteiger partial charge in [-0.05, 0) is 40.8 Å². The largest absolute Gasteiger partial charge is 0.383 e. The smallest absolute Gasteiger partial charge is 0.0589 e. The lowest BCUT2D eigenvalue weighted by atomic mass is 10.2. The highest BCUT2D eigenvalue weighted by molar-refractivity contribution is 7.97. The zero-order valence-corrected chi connectivity index (χ0v) is 20.0. The van der Waals surface area contributed by atoms with E-state index in [0.29, 0.717) is 0 Å². The van der Waals surface area contributed by atoms with Gasteiger partial charge in [-0.2, -0.15) is 0 Å². The molecule has 32 heavy (non-hydrogen) atoms. The van der Waals surface area contributed by atoms with Crippen LogP contribution in [0, 0.1) is 0 Å². The highest BCUT2D eigenvalue weighted by atomic mass is 32.2. The summed E-state index contributed by atoms with van der Waals surface area (Å²) in [6.45, 7) is 5.94. The second-order valence-corrected chi connectivity index (χ2v) is 8.94. The lowest BCUT2D eigenvalue weighted by molar-refractivity contribution is 0.110. The molecule has 3 rings (SSSR count). The molecule has 4 nitrogen and oxygen atoms in total. The Labute approximate surface area is 197 Å². The van der Waals surface area contributed by atoms with E-state index in [0.717, 1.165) is 45.9 Å². The van der Waals surface area contributed by atoms with E-state index in [2.05, 4.69) is 94.1 Å². The van der Waals surface area contributed by atoms with Crippen molar-refractivity contribution in [2.24, 2.45) is 0 Å². The van der Waals surface area contributed by atoms with Crippen molar-refractivity contribution in [2.75, 3.05) is 40.5 Å². The SMILES string of the molecule is COCCN(CCOC)Cc1ccc(SN(Cc2ccccc2)Cc2ccccc2)cc1. The van der Waals surface area contributed by atoms with Gasteiger partial charge in [0.1, 0.15) is 0 Å². The highest BCUT2D eigenvalue weighted by Gasteiger charge is 2.11. The molecule has 0 heterocycles. The number of ether oxygens (including phenoxy) is 2. The molecule has 5 heteroatoms. The van der Waals surface area contributed by atoms with Crippen molar-refractivity contribution in [1.82, 2.24) is 9.21 Å². The quantitative estimate of drug-likeness (QED) is 0.302. The van der Waals surface area contributed by atoms with Crippen LogP contribution in [0.25, 0.3) is 0 Å². The van der Waals surface area contributed by atoms with E-state index in [9.17, 15) is 0 Å². The van der Waals surface area contributed by atoms with Gasteiger partial charge in [0, 0.05) is 51.8 Å².